The van der Waals surface area contributed by atoms with Crippen LogP contribution in [0.1, 0.15) is 11.3 Å². The average Bonchev–Trinajstić information content (AvgIpc) is 2.50. The number of hydrogen-bond donors (Lipinski definition) is 0. The highest BCUT2D eigenvalue weighted by molar-refractivity contribution is 7.86. The summed E-state index contributed by atoms with van der Waals surface area (Å²) in [5.74, 6) is -0.565. The summed E-state index contributed by atoms with van der Waals surface area (Å²) in [6, 6.07) is 14.1. The zero-order chi connectivity index (χ0) is 16.4. The molecule has 0 amide bonds. The van der Waals surface area contributed by atoms with Gasteiger partial charge < -0.3 is 4.18 Å². The Morgan fingerprint density at radius 2 is 1.78 bits per heavy atom. The predicted octanol–water partition coefficient (Wildman–Crippen LogP) is 3.59. The summed E-state index contributed by atoms with van der Waals surface area (Å²) < 4.78 is 42.6. The lowest BCUT2D eigenvalue weighted by Gasteiger charge is -2.09. The molecule has 0 fully saturated rings. The van der Waals surface area contributed by atoms with Crippen molar-refractivity contribution in [1.82, 2.24) is 4.98 Å². The second-order valence-electron chi connectivity index (χ2n) is 5.19. The van der Waals surface area contributed by atoms with Crippen molar-refractivity contribution in [3.63, 3.8) is 0 Å². The van der Waals surface area contributed by atoms with Gasteiger partial charge in [-0.2, -0.15) is 8.42 Å². The fraction of sp³-hybridized carbons (Fsp3) is 0.118. The van der Waals surface area contributed by atoms with Crippen LogP contribution in [0.2, 0.25) is 0 Å². The second-order valence-corrected chi connectivity index (χ2v) is 6.76. The van der Waals surface area contributed by atoms with Gasteiger partial charge in [0.1, 0.15) is 17.1 Å². The van der Waals surface area contributed by atoms with Crippen molar-refractivity contribution in [2.45, 2.75) is 12.7 Å². The van der Waals surface area contributed by atoms with Crippen LogP contribution in [-0.4, -0.2) is 13.4 Å². The third-order valence-electron chi connectivity index (χ3n) is 3.30. The number of halogens is 1. The molecular weight excluding hydrogens is 317 g/mol. The van der Waals surface area contributed by atoms with Crippen molar-refractivity contribution in [2.75, 3.05) is 0 Å². The monoisotopic (exact) mass is 331 g/mol. The molecule has 3 rings (SSSR count). The van der Waals surface area contributed by atoms with Gasteiger partial charge in [-0.25, -0.2) is 9.37 Å². The molecule has 0 atom stereocenters. The lowest BCUT2D eigenvalue weighted by Crippen LogP contribution is -2.12. The Bertz CT molecular complexity index is 953. The van der Waals surface area contributed by atoms with E-state index in [0.29, 0.717) is 11.1 Å². The number of aryl methyl sites for hydroxylation is 1. The summed E-state index contributed by atoms with van der Waals surface area (Å²) >= 11 is 0. The van der Waals surface area contributed by atoms with Gasteiger partial charge in [0.15, 0.2) is 5.75 Å². The Hall–Kier alpha value is -2.47. The van der Waals surface area contributed by atoms with Crippen LogP contribution in [0.15, 0.2) is 54.6 Å². The van der Waals surface area contributed by atoms with E-state index in [-0.39, 0.29) is 11.5 Å². The summed E-state index contributed by atoms with van der Waals surface area (Å²) in [5.41, 5.74) is 1.72. The number of nitrogens with zero attached hydrogens (tertiary/aromatic N) is 1. The summed E-state index contributed by atoms with van der Waals surface area (Å²) in [6.07, 6.45) is 0. The first-order valence-electron chi connectivity index (χ1n) is 6.96. The van der Waals surface area contributed by atoms with Crippen molar-refractivity contribution in [1.29, 1.82) is 0 Å². The van der Waals surface area contributed by atoms with Gasteiger partial charge in [-0.1, -0.05) is 30.3 Å². The van der Waals surface area contributed by atoms with Crippen LogP contribution in [0.3, 0.4) is 0 Å². The van der Waals surface area contributed by atoms with Gasteiger partial charge in [-0.15, -0.1) is 0 Å². The van der Waals surface area contributed by atoms with E-state index in [0.717, 1.165) is 11.1 Å². The smallest absolute Gasteiger partial charge is 0.313 e. The minimum atomic E-state index is -3.87. The fourth-order valence-corrected chi connectivity index (χ4v) is 3.30. The quantitative estimate of drug-likeness (QED) is 0.686. The van der Waals surface area contributed by atoms with Crippen LogP contribution < -0.4 is 4.18 Å². The molecule has 1 heterocycles. The Labute approximate surface area is 133 Å². The van der Waals surface area contributed by atoms with E-state index in [1.165, 1.54) is 24.3 Å². The van der Waals surface area contributed by atoms with Crippen molar-refractivity contribution < 1.29 is 17.0 Å². The molecule has 1 aromatic heterocycles. The maximum absolute atomic E-state index is 12.9. The molecule has 0 unspecified atom stereocenters. The van der Waals surface area contributed by atoms with Crippen LogP contribution in [0.25, 0.3) is 10.9 Å². The molecule has 0 bridgehead atoms. The van der Waals surface area contributed by atoms with E-state index in [1.54, 1.807) is 12.1 Å². The zero-order valence-corrected chi connectivity index (χ0v) is 13.2. The number of hydrogen-bond acceptors (Lipinski definition) is 4. The van der Waals surface area contributed by atoms with E-state index >= 15 is 0 Å². The number of pyridine rings is 1. The highest BCUT2D eigenvalue weighted by Gasteiger charge is 2.16. The van der Waals surface area contributed by atoms with E-state index in [1.807, 2.05) is 25.1 Å². The number of benzene rings is 2. The molecule has 0 saturated carbocycles. The van der Waals surface area contributed by atoms with Crippen molar-refractivity contribution in [2.24, 2.45) is 0 Å². The molecule has 4 nitrogen and oxygen atoms in total. The number of rotatable bonds is 4. The summed E-state index contributed by atoms with van der Waals surface area (Å²) in [4.78, 5) is 4.34. The minimum Gasteiger partial charge on any atom is -0.380 e. The van der Waals surface area contributed by atoms with Crippen LogP contribution in [0, 0.1) is 12.7 Å². The summed E-state index contributed by atoms with van der Waals surface area (Å²) in [7, 11) is -3.87. The molecule has 6 heteroatoms. The molecule has 3 aromatic rings. The third kappa shape index (κ3) is 3.65. The number of aromatic nitrogens is 1. The maximum atomic E-state index is 12.9. The SMILES string of the molecule is Cc1ccc2cccc(OS(=O)(=O)Cc3ccc(F)cc3)c2n1. The van der Waals surface area contributed by atoms with Crippen molar-refractivity contribution >= 4 is 21.0 Å². The highest BCUT2D eigenvalue weighted by Crippen LogP contribution is 2.26. The largest absolute Gasteiger partial charge is 0.380 e. The lowest BCUT2D eigenvalue weighted by atomic mass is 10.2. The molecule has 0 spiro atoms. The van der Waals surface area contributed by atoms with Gasteiger partial charge in [0.05, 0.1) is 0 Å². The molecule has 0 aliphatic heterocycles. The van der Waals surface area contributed by atoms with Gasteiger partial charge in [-0.3, -0.25) is 0 Å². The Morgan fingerprint density at radius 3 is 2.52 bits per heavy atom. The van der Waals surface area contributed by atoms with Gasteiger partial charge in [0.25, 0.3) is 0 Å². The predicted molar refractivity (Wildman–Crippen MR) is 86.1 cm³/mol. The molecule has 0 N–H and O–H groups in total. The minimum absolute atomic E-state index is 0.188. The zero-order valence-electron chi connectivity index (χ0n) is 12.4. The first kappa shape index (κ1) is 15.4. The summed E-state index contributed by atoms with van der Waals surface area (Å²) in [6.45, 7) is 1.82. The topological polar surface area (TPSA) is 56.3 Å². The molecule has 2 aromatic carbocycles. The van der Waals surface area contributed by atoms with Crippen LogP contribution in [0.5, 0.6) is 5.75 Å². The van der Waals surface area contributed by atoms with Crippen molar-refractivity contribution in [3.05, 3.63) is 71.7 Å². The van der Waals surface area contributed by atoms with E-state index in [9.17, 15) is 12.8 Å². The molecular formula is C17H14FNO3S. The van der Waals surface area contributed by atoms with Gasteiger partial charge >= 0.3 is 10.1 Å². The van der Waals surface area contributed by atoms with Gasteiger partial charge in [0.2, 0.25) is 0 Å². The first-order valence-corrected chi connectivity index (χ1v) is 8.54. The Balaban J connectivity index is 1.91. The van der Waals surface area contributed by atoms with Crippen LogP contribution in [-0.2, 0) is 15.9 Å². The number of fused-ring (bicyclic) bond motifs is 1. The number of para-hydroxylation sites is 1. The molecule has 118 valence electrons. The molecule has 0 radical (unpaired) electrons. The van der Waals surface area contributed by atoms with Gasteiger partial charge in [0, 0.05) is 11.1 Å². The average molecular weight is 331 g/mol. The van der Waals surface area contributed by atoms with E-state index in [2.05, 4.69) is 4.98 Å². The van der Waals surface area contributed by atoms with Crippen LogP contribution in [0.4, 0.5) is 4.39 Å². The molecule has 0 aliphatic carbocycles. The highest BCUT2D eigenvalue weighted by atomic mass is 32.2. The maximum Gasteiger partial charge on any atom is 0.313 e. The van der Waals surface area contributed by atoms with E-state index in [4.69, 9.17) is 4.18 Å². The van der Waals surface area contributed by atoms with Crippen LogP contribution >= 0.6 is 0 Å². The molecule has 0 aliphatic rings. The normalized spacial score (nSPS) is 11.6. The first-order chi connectivity index (χ1) is 10.9. The second kappa shape index (κ2) is 5.96. The fourth-order valence-electron chi connectivity index (χ4n) is 2.24. The summed E-state index contributed by atoms with van der Waals surface area (Å²) in [5, 5.41) is 0.796. The molecule has 0 saturated heterocycles. The molecule has 23 heavy (non-hydrogen) atoms. The Kier molecular flexibility index (Phi) is 4.00. The lowest BCUT2D eigenvalue weighted by molar-refractivity contribution is 0.487. The van der Waals surface area contributed by atoms with Crippen molar-refractivity contribution in [3.8, 4) is 5.75 Å². The van der Waals surface area contributed by atoms with Gasteiger partial charge in [-0.05, 0) is 36.8 Å². The Morgan fingerprint density at radius 1 is 1.04 bits per heavy atom. The third-order valence-corrected chi connectivity index (χ3v) is 4.42. The van der Waals surface area contributed by atoms with E-state index < -0.39 is 15.9 Å². The standard InChI is InChI=1S/C17H14FNO3S/c1-12-5-8-14-3-2-4-16(17(14)19-12)22-23(20,21)11-13-6-9-15(18)10-7-13/h2-10H,11H2,1H3.